The fourth-order valence-corrected chi connectivity index (χ4v) is 1.72. The van der Waals surface area contributed by atoms with Gasteiger partial charge in [0.15, 0.2) is 0 Å². The van der Waals surface area contributed by atoms with Crippen molar-refractivity contribution in [2.75, 3.05) is 6.61 Å². The van der Waals surface area contributed by atoms with E-state index in [0.29, 0.717) is 6.61 Å². The van der Waals surface area contributed by atoms with E-state index < -0.39 is 0 Å². The Morgan fingerprint density at radius 3 is 2.36 bits per heavy atom. The van der Waals surface area contributed by atoms with Gasteiger partial charge in [-0.2, -0.15) is 0 Å². The Morgan fingerprint density at radius 2 is 1.86 bits per heavy atom. The molecule has 0 amide bonds. The van der Waals surface area contributed by atoms with Crippen LogP contribution in [-0.4, -0.2) is 11.7 Å². The number of rotatable bonds is 4. The topological polar surface area (TPSA) is 20.2 Å². The van der Waals surface area contributed by atoms with E-state index in [1.54, 1.807) is 0 Å². The Balaban J connectivity index is 1.89. The third-order valence-electron chi connectivity index (χ3n) is 3.15. The maximum absolute atomic E-state index is 12.6. The van der Waals surface area contributed by atoms with Crippen LogP contribution in [-0.2, 0) is 6.42 Å². The largest absolute Gasteiger partial charge is 0.396 e. The molecular formula is C12H15FO. The minimum absolute atomic E-state index is 0.183. The highest BCUT2D eigenvalue weighted by Crippen LogP contribution is 2.48. The highest BCUT2D eigenvalue weighted by atomic mass is 19.1. The summed E-state index contributed by atoms with van der Waals surface area (Å²) in [5, 5.41) is 9.12. The third kappa shape index (κ3) is 2.13. The first-order chi connectivity index (χ1) is 6.74. The molecule has 0 saturated heterocycles. The van der Waals surface area contributed by atoms with Crippen LogP contribution < -0.4 is 0 Å². The van der Waals surface area contributed by atoms with Crippen molar-refractivity contribution in [3.8, 4) is 0 Å². The highest BCUT2D eigenvalue weighted by Gasteiger charge is 2.41. The second kappa shape index (κ2) is 3.70. The molecule has 0 aromatic heterocycles. The summed E-state index contributed by atoms with van der Waals surface area (Å²) in [6.45, 7) is 0.300. The summed E-state index contributed by atoms with van der Waals surface area (Å²) in [4.78, 5) is 0. The molecule has 1 aliphatic carbocycles. The first-order valence-electron chi connectivity index (χ1n) is 5.09. The first-order valence-corrected chi connectivity index (χ1v) is 5.09. The maximum atomic E-state index is 12.6. The Labute approximate surface area is 83.6 Å². The second-order valence-electron chi connectivity index (χ2n) is 4.28. The lowest BCUT2D eigenvalue weighted by molar-refractivity contribution is 0.203. The van der Waals surface area contributed by atoms with Crippen LogP contribution in [0.25, 0.3) is 0 Å². The van der Waals surface area contributed by atoms with Crippen molar-refractivity contribution in [2.24, 2.45) is 5.41 Å². The van der Waals surface area contributed by atoms with Gasteiger partial charge in [0.1, 0.15) is 5.82 Å². The lowest BCUT2D eigenvalue weighted by atomic mass is 9.98. The van der Waals surface area contributed by atoms with Gasteiger partial charge in [0.25, 0.3) is 0 Å². The number of halogens is 1. The van der Waals surface area contributed by atoms with E-state index in [0.717, 1.165) is 31.2 Å². The molecule has 1 aromatic carbocycles. The molecule has 1 N–H and O–H groups in total. The molecule has 0 radical (unpaired) electrons. The second-order valence-corrected chi connectivity index (χ2v) is 4.28. The normalized spacial score (nSPS) is 18.1. The van der Waals surface area contributed by atoms with Crippen LogP contribution in [0.3, 0.4) is 0 Å². The maximum Gasteiger partial charge on any atom is 0.123 e. The van der Waals surface area contributed by atoms with Gasteiger partial charge in [0.05, 0.1) is 0 Å². The van der Waals surface area contributed by atoms with Crippen LogP contribution in [0.4, 0.5) is 4.39 Å². The summed E-state index contributed by atoms with van der Waals surface area (Å²) in [5.74, 6) is -0.183. The number of hydrogen-bond donors (Lipinski definition) is 1. The zero-order chi connectivity index (χ0) is 10.0. The lowest BCUT2D eigenvalue weighted by Crippen LogP contribution is -2.07. The smallest absolute Gasteiger partial charge is 0.123 e. The predicted octanol–water partition coefficient (Wildman–Crippen LogP) is 2.53. The van der Waals surface area contributed by atoms with Crippen LogP contribution in [0, 0.1) is 11.2 Å². The van der Waals surface area contributed by atoms with Gasteiger partial charge in [-0.3, -0.25) is 0 Å². The van der Waals surface area contributed by atoms with Crippen LogP contribution in [0.1, 0.15) is 24.8 Å². The number of aliphatic hydroxyl groups excluding tert-OH is 1. The van der Waals surface area contributed by atoms with E-state index >= 15 is 0 Å². The van der Waals surface area contributed by atoms with Gasteiger partial charge in [-0.05, 0) is 48.8 Å². The van der Waals surface area contributed by atoms with Gasteiger partial charge >= 0.3 is 0 Å². The number of aliphatic hydroxyl groups is 1. The van der Waals surface area contributed by atoms with Crippen molar-refractivity contribution in [1.29, 1.82) is 0 Å². The van der Waals surface area contributed by atoms with Crippen molar-refractivity contribution in [3.63, 3.8) is 0 Å². The summed E-state index contributed by atoms with van der Waals surface area (Å²) >= 11 is 0. The molecule has 2 heteroatoms. The quantitative estimate of drug-likeness (QED) is 0.781. The average Bonchev–Trinajstić information content (AvgIpc) is 2.98. The molecular weight excluding hydrogens is 179 g/mol. The molecule has 1 aromatic rings. The summed E-state index contributed by atoms with van der Waals surface area (Å²) < 4.78 is 12.6. The van der Waals surface area contributed by atoms with E-state index in [9.17, 15) is 4.39 Å². The zero-order valence-electron chi connectivity index (χ0n) is 8.17. The number of benzene rings is 1. The van der Waals surface area contributed by atoms with Gasteiger partial charge in [-0.25, -0.2) is 4.39 Å². The van der Waals surface area contributed by atoms with Crippen LogP contribution in [0.2, 0.25) is 0 Å². The Morgan fingerprint density at radius 1 is 1.21 bits per heavy atom. The summed E-state index contributed by atoms with van der Waals surface area (Å²) in [6, 6.07) is 6.63. The van der Waals surface area contributed by atoms with Crippen molar-refractivity contribution < 1.29 is 9.50 Å². The van der Waals surface area contributed by atoms with Crippen molar-refractivity contribution in [3.05, 3.63) is 35.6 Å². The molecule has 0 unspecified atom stereocenters. The van der Waals surface area contributed by atoms with E-state index in [1.165, 1.54) is 12.1 Å². The monoisotopic (exact) mass is 194 g/mol. The van der Waals surface area contributed by atoms with Crippen LogP contribution in [0.15, 0.2) is 24.3 Å². The number of hydrogen-bond acceptors (Lipinski definition) is 1. The number of aryl methyl sites for hydroxylation is 1. The molecule has 1 fully saturated rings. The zero-order valence-corrected chi connectivity index (χ0v) is 8.17. The fourth-order valence-electron chi connectivity index (χ4n) is 1.72. The van der Waals surface area contributed by atoms with Gasteiger partial charge in [0.2, 0.25) is 0 Å². The van der Waals surface area contributed by atoms with Gasteiger partial charge in [-0.15, -0.1) is 0 Å². The van der Waals surface area contributed by atoms with E-state index in [1.807, 2.05) is 12.1 Å². The summed E-state index contributed by atoms with van der Waals surface area (Å²) in [5.41, 5.74) is 1.36. The van der Waals surface area contributed by atoms with Crippen molar-refractivity contribution >= 4 is 0 Å². The molecule has 1 saturated carbocycles. The van der Waals surface area contributed by atoms with Gasteiger partial charge < -0.3 is 5.11 Å². The first kappa shape index (κ1) is 9.66. The Hall–Kier alpha value is -0.890. The fraction of sp³-hybridized carbons (Fsp3) is 0.500. The van der Waals surface area contributed by atoms with Crippen molar-refractivity contribution in [2.45, 2.75) is 25.7 Å². The van der Waals surface area contributed by atoms with Gasteiger partial charge in [0, 0.05) is 6.61 Å². The van der Waals surface area contributed by atoms with Gasteiger partial charge in [-0.1, -0.05) is 12.1 Å². The minimum Gasteiger partial charge on any atom is -0.396 e. The molecule has 0 spiro atoms. The highest BCUT2D eigenvalue weighted by molar-refractivity contribution is 5.16. The Bertz CT molecular complexity index is 301. The van der Waals surface area contributed by atoms with E-state index in [2.05, 4.69) is 0 Å². The molecule has 0 bridgehead atoms. The Kier molecular flexibility index (Phi) is 2.55. The predicted molar refractivity (Wildman–Crippen MR) is 53.5 cm³/mol. The molecule has 1 nitrogen and oxygen atoms in total. The third-order valence-corrected chi connectivity index (χ3v) is 3.15. The molecule has 0 heterocycles. The minimum atomic E-state index is -0.183. The van der Waals surface area contributed by atoms with E-state index in [4.69, 9.17) is 5.11 Å². The molecule has 2 rings (SSSR count). The molecule has 0 aliphatic heterocycles. The lowest BCUT2D eigenvalue weighted by Gasteiger charge is -2.10. The SMILES string of the molecule is OCC1(CCc2ccc(F)cc2)CC1. The van der Waals surface area contributed by atoms with Crippen LogP contribution >= 0.6 is 0 Å². The standard InChI is InChI=1S/C12H15FO/c13-11-3-1-10(2-4-11)5-6-12(9-14)7-8-12/h1-4,14H,5-9H2. The average molecular weight is 194 g/mol. The van der Waals surface area contributed by atoms with Crippen molar-refractivity contribution in [1.82, 2.24) is 0 Å². The van der Waals surface area contributed by atoms with Crippen LogP contribution in [0.5, 0.6) is 0 Å². The molecule has 14 heavy (non-hydrogen) atoms. The molecule has 0 atom stereocenters. The molecule has 76 valence electrons. The summed E-state index contributed by atoms with van der Waals surface area (Å²) in [7, 11) is 0. The molecule has 1 aliphatic rings. The van der Waals surface area contributed by atoms with E-state index in [-0.39, 0.29) is 11.2 Å². The summed E-state index contributed by atoms with van der Waals surface area (Å²) in [6.07, 6.45) is 4.26.